The Labute approximate surface area is 199 Å². The fourth-order valence-corrected chi connectivity index (χ4v) is 5.75. The third-order valence-electron chi connectivity index (χ3n) is 5.98. The van der Waals surface area contributed by atoms with Crippen molar-refractivity contribution in [3.05, 3.63) is 126 Å². The van der Waals surface area contributed by atoms with E-state index in [9.17, 15) is 0 Å². The maximum Gasteiger partial charge on any atom is 0.0296 e. The van der Waals surface area contributed by atoms with Crippen molar-refractivity contribution in [1.82, 2.24) is 0 Å². The van der Waals surface area contributed by atoms with Crippen LogP contribution in [0.5, 0.6) is 0 Å². The first-order valence-electron chi connectivity index (χ1n) is 9.84. The van der Waals surface area contributed by atoms with E-state index in [1.54, 1.807) is 0 Å². The molecule has 0 atom stereocenters. The molecule has 4 aromatic rings. The van der Waals surface area contributed by atoms with Crippen LogP contribution in [0.4, 0.5) is 0 Å². The lowest BCUT2D eigenvalue weighted by atomic mass is 9.69. The molecule has 1 aliphatic carbocycles. The van der Waals surface area contributed by atoms with Crippen molar-refractivity contribution in [2.75, 3.05) is 0 Å². The number of halogens is 2. The third-order valence-corrected chi connectivity index (χ3v) is 7.32. The molecular weight excluding hydrogens is 578 g/mol. The smallest absolute Gasteiger partial charge is 0.0296 e. The summed E-state index contributed by atoms with van der Waals surface area (Å²) in [6.07, 6.45) is 2.01. The van der Waals surface area contributed by atoms with Gasteiger partial charge >= 0.3 is 0 Å². The van der Waals surface area contributed by atoms with Gasteiger partial charge in [0.25, 0.3) is 0 Å². The molecule has 5 rings (SSSR count). The molecule has 0 saturated carbocycles. The van der Waals surface area contributed by atoms with Crippen LogP contribution in [-0.2, 0) is 18.3 Å². The zero-order valence-corrected chi connectivity index (χ0v) is 20.2. The Balaban J connectivity index is 1.79. The first-order valence-corrected chi connectivity index (χ1v) is 12.0. The van der Waals surface area contributed by atoms with Gasteiger partial charge in [-0.1, -0.05) is 72.8 Å². The summed E-state index contributed by atoms with van der Waals surface area (Å²) in [7, 11) is 0. The van der Waals surface area contributed by atoms with Crippen molar-refractivity contribution in [3.63, 3.8) is 0 Å². The third kappa shape index (κ3) is 3.55. The van der Waals surface area contributed by atoms with Gasteiger partial charge in [0.15, 0.2) is 0 Å². The van der Waals surface area contributed by atoms with Crippen LogP contribution < -0.4 is 0 Å². The first-order chi connectivity index (χ1) is 14.2. The van der Waals surface area contributed by atoms with Crippen LogP contribution in [0, 0.1) is 7.14 Å². The molecule has 0 aromatic heterocycles. The van der Waals surface area contributed by atoms with Crippen molar-refractivity contribution < 1.29 is 0 Å². The highest BCUT2D eigenvalue weighted by atomic mass is 127. The standard InChI is InChI=1S/C27H20I2/c28-21-11-13-23-24-14-12-22(29)16-26(24)27(25(23)15-21,17-19-7-3-1-4-8-19)18-20-9-5-2-6-10-20/h1-16H,17-18H2. The topological polar surface area (TPSA) is 0 Å². The predicted molar refractivity (Wildman–Crippen MR) is 138 cm³/mol. The molecule has 0 radical (unpaired) electrons. The Morgan fingerprint density at radius 2 is 0.931 bits per heavy atom. The normalized spacial score (nSPS) is 13.7. The summed E-state index contributed by atoms with van der Waals surface area (Å²) in [6.45, 7) is 0. The Bertz CT molecular complexity index is 1070. The molecule has 0 spiro atoms. The highest BCUT2D eigenvalue weighted by Gasteiger charge is 2.43. The molecule has 142 valence electrons. The van der Waals surface area contributed by atoms with Gasteiger partial charge in [-0.05, 0) is 116 Å². The van der Waals surface area contributed by atoms with E-state index in [2.05, 4.69) is 142 Å². The Morgan fingerprint density at radius 3 is 1.34 bits per heavy atom. The predicted octanol–water partition coefficient (Wildman–Crippen LogP) is 7.65. The van der Waals surface area contributed by atoms with E-state index >= 15 is 0 Å². The van der Waals surface area contributed by atoms with E-state index in [1.807, 2.05) is 0 Å². The average Bonchev–Trinajstić information content (AvgIpc) is 2.98. The lowest BCUT2D eigenvalue weighted by molar-refractivity contribution is 0.519. The van der Waals surface area contributed by atoms with Crippen LogP contribution in [-0.4, -0.2) is 0 Å². The Hall–Kier alpha value is -1.66. The number of hydrogen-bond acceptors (Lipinski definition) is 0. The summed E-state index contributed by atoms with van der Waals surface area (Å²) in [5.74, 6) is 0. The van der Waals surface area contributed by atoms with Gasteiger partial charge in [-0.2, -0.15) is 0 Å². The van der Waals surface area contributed by atoms with Crippen molar-refractivity contribution in [3.8, 4) is 11.1 Å². The molecule has 4 aromatic carbocycles. The van der Waals surface area contributed by atoms with Gasteiger partial charge in [0, 0.05) is 12.6 Å². The minimum absolute atomic E-state index is 0.0598. The number of hydrogen-bond donors (Lipinski definition) is 0. The van der Waals surface area contributed by atoms with Gasteiger partial charge in [0.1, 0.15) is 0 Å². The number of benzene rings is 4. The highest BCUT2D eigenvalue weighted by molar-refractivity contribution is 14.1. The molecule has 1 aliphatic rings. The molecule has 0 fully saturated rings. The molecule has 0 heterocycles. The van der Waals surface area contributed by atoms with Gasteiger partial charge in [-0.25, -0.2) is 0 Å². The second-order valence-corrected chi connectivity index (χ2v) is 10.3. The molecule has 0 N–H and O–H groups in total. The van der Waals surface area contributed by atoms with E-state index in [0.717, 1.165) is 12.8 Å². The fraction of sp³-hybridized carbons (Fsp3) is 0.111. The monoisotopic (exact) mass is 598 g/mol. The highest BCUT2D eigenvalue weighted by Crippen LogP contribution is 2.53. The lowest BCUT2D eigenvalue weighted by Gasteiger charge is -2.33. The number of fused-ring (bicyclic) bond motifs is 3. The first kappa shape index (κ1) is 19.3. The fourth-order valence-electron chi connectivity index (χ4n) is 4.77. The molecule has 0 bridgehead atoms. The van der Waals surface area contributed by atoms with E-state index in [-0.39, 0.29) is 5.41 Å². The van der Waals surface area contributed by atoms with Crippen LogP contribution in [0.15, 0.2) is 97.1 Å². The molecular formula is C27H20I2. The maximum absolute atomic E-state index is 2.46. The summed E-state index contributed by atoms with van der Waals surface area (Å²) in [5.41, 5.74) is 8.44. The van der Waals surface area contributed by atoms with Crippen molar-refractivity contribution in [2.24, 2.45) is 0 Å². The molecule has 0 saturated heterocycles. The molecule has 2 heteroatoms. The van der Waals surface area contributed by atoms with Crippen LogP contribution in [0.2, 0.25) is 0 Å². The Kier molecular flexibility index (Phi) is 5.25. The second kappa shape index (κ2) is 7.88. The van der Waals surface area contributed by atoms with Crippen molar-refractivity contribution in [2.45, 2.75) is 18.3 Å². The van der Waals surface area contributed by atoms with Gasteiger partial charge in [-0.3, -0.25) is 0 Å². The maximum atomic E-state index is 2.46. The summed E-state index contributed by atoms with van der Waals surface area (Å²) in [4.78, 5) is 0. The quantitative estimate of drug-likeness (QED) is 0.212. The van der Waals surface area contributed by atoms with Crippen LogP contribution >= 0.6 is 45.2 Å². The number of rotatable bonds is 4. The van der Waals surface area contributed by atoms with Crippen LogP contribution in [0.3, 0.4) is 0 Å². The minimum atomic E-state index is -0.0598. The summed E-state index contributed by atoms with van der Waals surface area (Å²) in [6, 6.07) is 35.9. The SMILES string of the molecule is Ic1ccc2c(c1)C(Cc1ccccc1)(Cc1ccccc1)c1cc(I)ccc1-2. The average molecular weight is 598 g/mol. The molecule has 29 heavy (non-hydrogen) atoms. The zero-order chi connectivity index (χ0) is 19.8. The van der Waals surface area contributed by atoms with E-state index in [1.165, 1.54) is 40.5 Å². The molecule has 0 aliphatic heterocycles. The lowest BCUT2D eigenvalue weighted by Crippen LogP contribution is -2.31. The van der Waals surface area contributed by atoms with Gasteiger partial charge in [-0.15, -0.1) is 0 Å². The van der Waals surface area contributed by atoms with Crippen molar-refractivity contribution >= 4 is 45.2 Å². The van der Waals surface area contributed by atoms with Gasteiger partial charge in [0.2, 0.25) is 0 Å². The summed E-state index contributed by atoms with van der Waals surface area (Å²) in [5, 5.41) is 0. The minimum Gasteiger partial charge on any atom is -0.0622 e. The van der Waals surface area contributed by atoms with Crippen LogP contribution in [0.1, 0.15) is 22.3 Å². The van der Waals surface area contributed by atoms with E-state index in [4.69, 9.17) is 0 Å². The summed E-state index contributed by atoms with van der Waals surface area (Å²) >= 11 is 4.91. The Morgan fingerprint density at radius 1 is 0.517 bits per heavy atom. The second-order valence-electron chi connectivity index (χ2n) is 7.79. The van der Waals surface area contributed by atoms with Crippen molar-refractivity contribution in [1.29, 1.82) is 0 Å². The molecule has 0 amide bonds. The largest absolute Gasteiger partial charge is 0.0622 e. The molecule has 0 unspecified atom stereocenters. The van der Waals surface area contributed by atoms with Gasteiger partial charge < -0.3 is 0 Å². The summed E-state index contributed by atoms with van der Waals surface area (Å²) < 4.78 is 2.60. The van der Waals surface area contributed by atoms with Crippen LogP contribution in [0.25, 0.3) is 11.1 Å². The van der Waals surface area contributed by atoms with Gasteiger partial charge in [0.05, 0.1) is 0 Å². The zero-order valence-electron chi connectivity index (χ0n) is 15.9. The molecule has 0 nitrogen and oxygen atoms in total. The van der Waals surface area contributed by atoms with E-state index in [0.29, 0.717) is 0 Å². The van der Waals surface area contributed by atoms with E-state index < -0.39 is 0 Å².